The first kappa shape index (κ1) is 14.3. The van der Waals surface area contributed by atoms with Crippen LogP contribution in [0.3, 0.4) is 0 Å². The molecule has 16 heavy (non-hydrogen) atoms. The summed E-state index contributed by atoms with van der Waals surface area (Å²) in [5, 5.41) is 0. The molecule has 2 rings (SSSR count). The zero-order valence-corrected chi connectivity index (χ0v) is 12.3. The van der Waals surface area contributed by atoms with E-state index in [-0.39, 0.29) is 18.4 Å². The lowest BCUT2D eigenvalue weighted by Crippen LogP contribution is -2.23. The molecule has 1 fully saturated rings. The van der Waals surface area contributed by atoms with Gasteiger partial charge in [-0.25, -0.2) is 0 Å². The maximum Gasteiger partial charge on any atom is 0.0323 e. The Morgan fingerprint density at radius 3 is 2.50 bits per heavy atom. The molecule has 2 N–H and O–H groups in total. The lowest BCUT2D eigenvalue weighted by Gasteiger charge is -2.27. The van der Waals surface area contributed by atoms with Crippen LogP contribution < -0.4 is 5.73 Å². The summed E-state index contributed by atoms with van der Waals surface area (Å²) in [5.41, 5.74) is 7.65. The van der Waals surface area contributed by atoms with Crippen LogP contribution in [0.2, 0.25) is 0 Å². The highest BCUT2D eigenvalue weighted by atomic mass is 127. The fourth-order valence-electron chi connectivity index (χ4n) is 2.48. The van der Waals surface area contributed by atoms with E-state index in [4.69, 9.17) is 5.73 Å². The first-order valence-electron chi connectivity index (χ1n) is 5.78. The van der Waals surface area contributed by atoms with E-state index in [9.17, 15) is 0 Å². The summed E-state index contributed by atoms with van der Waals surface area (Å²) in [7, 11) is 0. The van der Waals surface area contributed by atoms with Crippen LogP contribution in [0.1, 0.15) is 43.7 Å². The molecule has 1 saturated carbocycles. The van der Waals surface area contributed by atoms with Crippen LogP contribution in [0.5, 0.6) is 0 Å². The van der Waals surface area contributed by atoms with E-state index in [1.165, 1.54) is 41.2 Å². The summed E-state index contributed by atoms with van der Waals surface area (Å²) in [6, 6.07) is 8.87. The minimum Gasteiger partial charge on any atom is -0.324 e. The van der Waals surface area contributed by atoms with E-state index in [2.05, 4.69) is 46.9 Å². The van der Waals surface area contributed by atoms with E-state index in [0.29, 0.717) is 5.92 Å². The van der Waals surface area contributed by atoms with Crippen LogP contribution in [0.4, 0.5) is 0 Å². The van der Waals surface area contributed by atoms with E-state index in [0.717, 1.165) is 0 Å². The van der Waals surface area contributed by atoms with Crippen molar-refractivity contribution in [3.8, 4) is 0 Å². The Balaban J connectivity index is 0.00000128. The molecule has 0 bridgehead atoms. The van der Waals surface area contributed by atoms with Gasteiger partial charge < -0.3 is 5.73 Å². The minimum absolute atomic E-state index is 0. The summed E-state index contributed by atoms with van der Waals surface area (Å²) in [5.74, 6) is 0.706. The molecule has 90 valence electrons. The maximum absolute atomic E-state index is 6.34. The topological polar surface area (TPSA) is 26.0 Å². The van der Waals surface area contributed by atoms with Gasteiger partial charge in [0, 0.05) is 9.61 Å². The Kier molecular flexibility index (Phi) is 6.08. The predicted molar refractivity (Wildman–Crippen MR) is 79.9 cm³/mol. The Morgan fingerprint density at radius 1 is 1.19 bits per heavy atom. The average Bonchev–Trinajstić information content (AvgIpc) is 2.29. The predicted octanol–water partition coefficient (Wildman–Crippen LogP) is 4.29. The summed E-state index contributed by atoms with van der Waals surface area (Å²) in [6.07, 6.45) is 6.75. The lowest BCUT2D eigenvalue weighted by atomic mass is 9.82. The zero-order chi connectivity index (χ0) is 10.7. The Bertz CT molecular complexity index is 323. The number of rotatable bonds is 2. The van der Waals surface area contributed by atoms with Crippen molar-refractivity contribution >= 4 is 35.0 Å². The molecule has 3 heteroatoms. The monoisotopic (exact) mass is 351 g/mol. The highest BCUT2D eigenvalue weighted by Gasteiger charge is 2.21. The molecule has 0 heterocycles. The van der Waals surface area contributed by atoms with Gasteiger partial charge in [0.15, 0.2) is 0 Å². The fraction of sp³-hybridized carbons (Fsp3) is 0.538. The third-order valence-corrected chi connectivity index (χ3v) is 4.06. The molecule has 1 aliphatic rings. The molecule has 0 saturated heterocycles. The van der Waals surface area contributed by atoms with Gasteiger partial charge in [-0.05, 0) is 59.0 Å². The molecule has 0 aromatic heterocycles. The molecule has 1 nitrogen and oxygen atoms in total. The summed E-state index contributed by atoms with van der Waals surface area (Å²) < 4.78 is 1.29. The normalized spacial score (nSPS) is 18.9. The fourth-order valence-corrected chi connectivity index (χ4v) is 3.05. The smallest absolute Gasteiger partial charge is 0.0323 e. The first-order valence-corrected chi connectivity index (χ1v) is 6.86. The molecule has 0 radical (unpaired) electrons. The second kappa shape index (κ2) is 6.82. The largest absolute Gasteiger partial charge is 0.324 e. The Morgan fingerprint density at radius 2 is 1.88 bits per heavy atom. The van der Waals surface area contributed by atoms with Crippen LogP contribution in [-0.2, 0) is 0 Å². The van der Waals surface area contributed by atoms with Gasteiger partial charge in [-0.3, -0.25) is 0 Å². The van der Waals surface area contributed by atoms with Crippen molar-refractivity contribution in [3.63, 3.8) is 0 Å². The number of halogens is 2. The Hall–Kier alpha value is 0.200. The van der Waals surface area contributed by atoms with Crippen LogP contribution in [0, 0.1) is 9.49 Å². The molecular weight excluding hydrogens is 333 g/mol. The van der Waals surface area contributed by atoms with Crippen molar-refractivity contribution in [1.29, 1.82) is 0 Å². The van der Waals surface area contributed by atoms with E-state index in [1.54, 1.807) is 0 Å². The molecule has 0 aliphatic heterocycles. The van der Waals surface area contributed by atoms with E-state index in [1.807, 2.05) is 0 Å². The van der Waals surface area contributed by atoms with Crippen LogP contribution in [-0.4, -0.2) is 0 Å². The third-order valence-electron chi connectivity index (χ3n) is 3.39. The molecule has 1 aromatic carbocycles. The third kappa shape index (κ3) is 3.60. The maximum atomic E-state index is 6.34. The highest BCUT2D eigenvalue weighted by Crippen LogP contribution is 2.33. The highest BCUT2D eigenvalue weighted by molar-refractivity contribution is 14.1. The lowest BCUT2D eigenvalue weighted by molar-refractivity contribution is 0.308. The number of hydrogen-bond donors (Lipinski definition) is 1. The number of nitrogens with two attached hydrogens (primary N) is 1. The van der Waals surface area contributed by atoms with Crippen LogP contribution >= 0.6 is 35.0 Å². The van der Waals surface area contributed by atoms with Crippen LogP contribution in [0.15, 0.2) is 24.3 Å². The van der Waals surface area contributed by atoms with E-state index < -0.39 is 0 Å². The van der Waals surface area contributed by atoms with Gasteiger partial charge in [-0.2, -0.15) is 0 Å². The number of benzene rings is 1. The van der Waals surface area contributed by atoms with Gasteiger partial charge in [0.2, 0.25) is 0 Å². The SMILES string of the molecule is Cl.N[C@@H](c1cccc(I)c1)C1CCCCC1. The molecule has 0 amide bonds. The quantitative estimate of drug-likeness (QED) is 0.790. The number of hydrogen-bond acceptors (Lipinski definition) is 1. The summed E-state index contributed by atoms with van der Waals surface area (Å²) in [4.78, 5) is 0. The van der Waals surface area contributed by atoms with Crippen molar-refractivity contribution in [2.45, 2.75) is 38.1 Å². The van der Waals surface area contributed by atoms with Gasteiger partial charge in [0.25, 0.3) is 0 Å². The Labute approximate surface area is 118 Å². The molecule has 1 aliphatic carbocycles. The van der Waals surface area contributed by atoms with Crippen molar-refractivity contribution in [2.24, 2.45) is 11.7 Å². The zero-order valence-electron chi connectivity index (χ0n) is 9.36. The van der Waals surface area contributed by atoms with Gasteiger partial charge in [-0.1, -0.05) is 31.4 Å². The second-order valence-corrected chi connectivity index (χ2v) is 5.72. The van der Waals surface area contributed by atoms with Crippen molar-refractivity contribution in [3.05, 3.63) is 33.4 Å². The molecule has 0 spiro atoms. The van der Waals surface area contributed by atoms with Crippen molar-refractivity contribution in [1.82, 2.24) is 0 Å². The standard InChI is InChI=1S/C13H18IN.ClH/c14-12-8-4-7-11(9-12)13(15)10-5-2-1-3-6-10;/h4,7-10,13H,1-3,5-6,15H2;1H/t13-;/m1./s1. The van der Waals surface area contributed by atoms with Gasteiger partial charge >= 0.3 is 0 Å². The second-order valence-electron chi connectivity index (χ2n) is 4.48. The molecule has 1 aromatic rings. The molecule has 0 unspecified atom stereocenters. The van der Waals surface area contributed by atoms with Gasteiger partial charge in [0.05, 0.1) is 0 Å². The van der Waals surface area contributed by atoms with Crippen molar-refractivity contribution in [2.75, 3.05) is 0 Å². The van der Waals surface area contributed by atoms with Gasteiger partial charge in [-0.15, -0.1) is 12.4 Å². The van der Waals surface area contributed by atoms with Gasteiger partial charge in [0.1, 0.15) is 0 Å². The first-order chi connectivity index (χ1) is 7.27. The summed E-state index contributed by atoms with van der Waals surface area (Å²) >= 11 is 2.35. The average molecular weight is 352 g/mol. The minimum atomic E-state index is 0. The van der Waals surface area contributed by atoms with Crippen molar-refractivity contribution < 1.29 is 0 Å². The van der Waals surface area contributed by atoms with Crippen LogP contribution in [0.25, 0.3) is 0 Å². The summed E-state index contributed by atoms with van der Waals surface area (Å²) in [6.45, 7) is 0. The molecule has 1 atom stereocenters. The van der Waals surface area contributed by atoms with E-state index >= 15 is 0 Å². The molecular formula is C13H19ClIN.